The predicted molar refractivity (Wildman–Crippen MR) is 56.3 cm³/mol. The predicted octanol–water partition coefficient (Wildman–Crippen LogP) is 2.54. The van der Waals surface area contributed by atoms with Gasteiger partial charge in [0.25, 0.3) is 5.89 Å². The van der Waals surface area contributed by atoms with E-state index in [4.69, 9.17) is 16.0 Å². The molecule has 0 unspecified atom stereocenters. The Hall–Kier alpha value is -1.00. The van der Waals surface area contributed by atoms with E-state index in [1.165, 1.54) is 0 Å². The van der Waals surface area contributed by atoms with E-state index in [-0.39, 0.29) is 17.6 Å². The number of hydrogen-bond acceptors (Lipinski definition) is 4. The lowest BCUT2D eigenvalue weighted by atomic mass is 10.3. The number of para-hydroxylation sites is 1. The second-order valence-electron chi connectivity index (χ2n) is 2.70. The van der Waals surface area contributed by atoms with Crippen LogP contribution in [0.3, 0.4) is 0 Å². The lowest BCUT2D eigenvalue weighted by molar-refractivity contribution is 0.0986. The first-order valence-electron chi connectivity index (χ1n) is 3.90. The Morgan fingerprint density at radius 2 is 2.36 bits per heavy atom. The minimum absolute atomic E-state index is 0.0384. The number of hydrogen-bond donors (Lipinski definition) is 1. The molecule has 1 aromatic heterocycles. The molecule has 0 aliphatic rings. The van der Waals surface area contributed by atoms with Crippen molar-refractivity contribution in [3.8, 4) is 0 Å². The molecule has 3 nitrogen and oxygen atoms in total. The molecule has 0 saturated carbocycles. The van der Waals surface area contributed by atoms with Crippen molar-refractivity contribution in [2.45, 2.75) is 4.90 Å². The molecule has 0 spiro atoms. The molecule has 2 rings (SSSR count). The summed E-state index contributed by atoms with van der Waals surface area (Å²) in [4.78, 5) is 15.8. The van der Waals surface area contributed by atoms with Crippen LogP contribution in [0.5, 0.6) is 0 Å². The average Bonchev–Trinajstić information content (AvgIpc) is 2.62. The third-order valence-electron chi connectivity index (χ3n) is 1.75. The molecule has 0 aliphatic carbocycles. The summed E-state index contributed by atoms with van der Waals surface area (Å²) in [5, 5.41) is 0. The van der Waals surface area contributed by atoms with Gasteiger partial charge in [0.1, 0.15) is 5.52 Å². The van der Waals surface area contributed by atoms with Gasteiger partial charge in [-0.25, -0.2) is 4.98 Å². The number of carbonyl (C=O) groups is 1. The number of alkyl halides is 1. The molecule has 2 aromatic rings. The van der Waals surface area contributed by atoms with E-state index in [0.29, 0.717) is 16.0 Å². The summed E-state index contributed by atoms with van der Waals surface area (Å²) < 4.78 is 5.23. The topological polar surface area (TPSA) is 43.1 Å². The zero-order chi connectivity index (χ0) is 10.1. The summed E-state index contributed by atoms with van der Waals surface area (Å²) in [5.41, 5.74) is 1.13. The quantitative estimate of drug-likeness (QED) is 0.487. The van der Waals surface area contributed by atoms with E-state index >= 15 is 0 Å². The summed E-state index contributed by atoms with van der Waals surface area (Å²) in [5.74, 6) is -0.415. The Kier molecular flexibility index (Phi) is 2.48. The molecule has 5 heteroatoms. The van der Waals surface area contributed by atoms with Gasteiger partial charge in [-0.1, -0.05) is 6.07 Å². The fourth-order valence-corrected chi connectivity index (χ4v) is 1.47. The van der Waals surface area contributed by atoms with E-state index in [9.17, 15) is 4.79 Å². The first kappa shape index (κ1) is 9.55. The number of carbonyl (C=O) groups excluding carboxylic acids is 1. The monoisotopic (exact) mass is 227 g/mol. The van der Waals surface area contributed by atoms with E-state index < -0.39 is 0 Å². The number of benzene rings is 1. The highest BCUT2D eigenvalue weighted by Crippen LogP contribution is 2.22. The SMILES string of the molecule is O=C(CCl)c1nc2cccc(S)c2o1. The Bertz CT molecular complexity index is 495. The highest BCUT2D eigenvalue weighted by atomic mass is 35.5. The molecule has 0 aliphatic heterocycles. The number of oxazole rings is 1. The van der Waals surface area contributed by atoms with Crippen LogP contribution in [0.15, 0.2) is 27.5 Å². The highest BCUT2D eigenvalue weighted by Gasteiger charge is 2.13. The van der Waals surface area contributed by atoms with Crippen molar-refractivity contribution in [3.63, 3.8) is 0 Å². The van der Waals surface area contributed by atoms with Crippen LogP contribution in [0.4, 0.5) is 0 Å². The van der Waals surface area contributed by atoms with Crippen molar-refractivity contribution in [2.24, 2.45) is 0 Å². The number of Topliss-reactive ketones (excluding diaryl/α,β-unsaturated/α-hetero) is 1. The average molecular weight is 228 g/mol. The van der Waals surface area contributed by atoms with Gasteiger partial charge in [0.05, 0.1) is 5.88 Å². The Labute approximate surface area is 90.5 Å². The van der Waals surface area contributed by atoms with Gasteiger partial charge in [0, 0.05) is 4.90 Å². The summed E-state index contributed by atoms with van der Waals surface area (Å²) in [6.07, 6.45) is 0. The maximum atomic E-state index is 11.2. The number of halogens is 1. The second kappa shape index (κ2) is 3.63. The highest BCUT2D eigenvalue weighted by molar-refractivity contribution is 7.80. The third kappa shape index (κ3) is 1.51. The number of ketones is 1. The molecule has 14 heavy (non-hydrogen) atoms. The van der Waals surface area contributed by atoms with Crippen molar-refractivity contribution in [3.05, 3.63) is 24.1 Å². The van der Waals surface area contributed by atoms with Crippen molar-refractivity contribution in [2.75, 3.05) is 5.88 Å². The maximum Gasteiger partial charge on any atom is 0.265 e. The fraction of sp³-hybridized carbons (Fsp3) is 0.111. The van der Waals surface area contributed by atoms with Crippen molar-refractivity contribution >= 4 is 41.1 Å². The number of fused-ring (bicyclic) bond motifs is 1. The fourth-order valence-electron chi connectivity index (χ4n) is 1.11. The van der Waals surface area contributed by atoms with Gasteiger partial charge >= 0.3 is 0 Å². The largest absolute Gasteiger partial charge is 0.432 e. The van der Waals surface area contributed by atoms with Crippen molar-refractivity contribution in [1.82, 2.24) is 4.98 Å². The van der Waals surface area contributed by atoms with Crippen LogP contribution in [0, 0.1) is 0 Å². The summed E-state index contributed by atoms with van der Waals surface area (Å²) in [7, 11) is 0. The van der Waals surface area contributed by atoms with Crippen LogP contribution in [0.25, 0.3) is 11.1 Å². The normalized spacial score (nSPS) is 10.7. The minimum atomic E-state index is -0.324. The molecule has 0 bridgehead atoms. The van der Waals surface area contributed by atoms with Crippen molar-refractivity contribution in [1.29, 1.82) is 0 Å². The number of aromatic nitrogens is 1. The van der Waals surface area contributed by atoms with Crippen molar-refractivity contribution < 1.29 is 9.21 Å². The van der Waals surface area contributed by atoms with Gasteiger partial charge in [-0.05, 0) is 12.1 Å². The van der Waals surface area contributed by atoms with E-state index in [2.05, 4.69) is 17.6 Å². The zero-order valence-electron chi connectivity index (χ0n) is 7.03. The maximum absolute atomic E-state index is 11.2. The van der Waals surface area contributed by atoms with Crippen LogP contribution < -0.4 is 0 Å². The van der Waals surface area contributed by atoms with Gasteiger partial charge < -0.3 is 4.42 Å². The number of rotatable bonds is 2. The molecule has 0 fully saturated rings. The number of nitrogens with zero attached hydrogens (tertiary/aromatic N) is 1. The third-order valence-corrected chi connectivity index (χ3v) is 2.35. The lowest BCUT2D eigenvalue weighted by Crippen LogP contribution is -1.99. The molecule has 0 atom stereocenters. The van der Waals surface area contributed by atoms with Crippen LogP contribution in [0.1, 0.15) is 10.7 Å². The molecule has 0 radical (unpaired) electrons. The van der Waals surface area contributed by atoms with E-state index in [0.717, 1.165) is 0 Å². The molecule has 0 saturated heterocycles. The smallest absolute Gasteiger partial charge is 0.265 e. The van der Waals surface area contributed by atoms with Crippen LogP contribution in [-0.2, 0) is 0 Å². The summed E-state index contributed by atoms with van der Waals surface area (Å²) in [6.45, 7) is 0. The second-order valence-corrected chi connectivity index (χ2v) is 3.45. The molecule has 1 heterocycles. The molecular weight excluding hydrogens is 222 g/mol. The molecule has 72 valence electrons. The summed E-state index contributed by atoms with van der Waals surface area (Å²) in [6, 6.07) is 5.32. The molecule has 0 amide bonds. The van der Waals surface area contributed by atoms with Gasteiger partial charge in [0.2, 0.25) is 5.78 Å². The molecule has 0 N–H and O–H groups in total. The molecular formula is C9H6ClNO2S. The standard InChI is InChI=1S/C9H6ClNO2S/c10-4-6(12)9-11-5-2-1-3-7(14)8(5)13-9/h1-3,14H,4H2. The minimum Gasteiger partial charge on any atom is -0.432 e. The lowest BCUT2D eigenvalue weighted by Gasteiger charge is -1.88. The van der Waals surface area contributed by atoms with E-state index in [1.807, 2.05) is 0 Å². The Morgan fingerprint density at radius 1 is 1.57 bits per heavy atom. The van der Waals surface area contributed by atoms with Gasteiger partial charge in [-0.15, -0.1) is 24.2 Å². The Morgan fingerprint density at radius 3 is 3.00 bits per heavy atom. The van der Waals surface area contributed by atoms with Crippen LogP contribution in [0.2, 0.25) is 0 Å². The van der Waals surface area contributed by atoms with Gasteiger partial charge in [-0.2, -0.15) is 0 Å². The molecule has 1 aromatic carbocycles. The van der Waals surface area contributed by atoms with Gasteiger partial charge in [-0.3, -0.25) is 4.79 Å². The number of thiol groups is 1. The van der Waals surface area contributed by atoms with E-state index in [1.54, 1.807) is 18.2 Å². The van der Waals surface area contributed by atoms with Gasteiger partial charge in [0.15, 0.2) is 5.58 Å². The zero-order valence-corrected chi connectivity index (χ0v) is 8.68. The summed E-state index contributed by atoms with van der Waals surface area (Å²) >= 11 is 9.57. The van der Waals surface area contributed by atoms with Crippen LogP contribution >= 0.6 is 24.2 Å². The van der Waals surface area contributed by atoms with Crippen LogP contribution in [-0.4, -0.2) is 16.6 Å². The first-order chi connectivity index (χ1) is 6.72. The Balaban J connectivity index is 2.62. The first-order valence-corrected chi connectivity index (χ1v) is 4.88.